The number of aromatic nitrogens is 2. The number of rotatable bonds is 5. The van der Waals surface area contributed by atoms with Crippen LogP contribution in [0.4, 0.5) is 0 Å². The molecule has 4 rings (SSSR count). The highest BCUT2D eigenvalue weighted by Crippen LogP contribution is 2.16. The first-order valence-electron chi connectivity index (χ1n) is 8.71. The quantitative estimate of drug-likeness (QED) is 0.376. The molecule has 0 saturated heterocycles. The van der Waals surface area contributed by atoms with Crippen molar-refractivity contribution in [2.45, 2.75) is 0 Å². The van der Waals surface area contributed by atoms with Gasteiger partial charge in [-0.3, -0.25) is 0 Å². The van der Waals surface area contributed by atoms with E-state index in [1.807, 2.05) is 36.5 Å². The molecule has 0 amide bonds. The Hall–Kier alpha value is -3.52. The Bertz CT molecular complexity index is 1040. The Morgan fingerprint density at radius 3 is 1.38 bits per heavy atom. The maximum atomic E-state index is 2.13. The summed E-state index contributed by atoms with van der Waals surface area (Å²) in [5.41, 5.74) is 2.43. The van der Waals surface area contributed by atoms with Crippen LogP contribution in [0, 0.1) is 0 Å². The van der Waals surface area contributed by atoms with Crippen LogP contribution in [0.25, 0.3) is 34.2 Å². The lowest BCUT2D eigenvalue weighted by Gasteiger charge is -1.95. The molecule has 0 N–H and O–H groups in total. The molecule has 126 valence electrons. The summed E-state index contributed by atoms with van der Waals surface area (Å²) in [7, 11) is 0. The minimum atomic E-state index is 1.22. The number of hydrogen-bond acceptors (Lipinski definition) is 0. The SMILES string of the molecule is C(/C=C/C=C/n1ccc2ccccc21)=C\C=C\n1ccc2ccccc21. The average molecular weight is 336 g/mol. The van der Waals surface area contributed by atoms with Crippen molar-refractivity contribution in [1.29, 1.82) is 0 Å². The van der Waals surface area contributed by atoms with Crippen molar-refractivity contribution in [3.8, 4) is 0 Å². The molecule has 0 fully saturated rings. The third-order valence-electron chi connectivity index (χ3n) is 4.31. The molecule has 0 aliphatic heterocycles. The largest absolute Gasteiger partial charge is 0.323 e. The van der Waals surface area contributed by atoms with Gasteiger partial charge in [-0.2, -0.15) is 0 Å². The van der Waals surface area contributed by atoms with E-state index in [1.54, 1.807) is 0 Å². The van der Waals surface area contributed by atoms with Crippen LogP contribution < -0.4 is 0 Å². The molecule has 0 spiro atoms. The maximum absolute atomic E-state index is 2.13. The van der Waals surface area contributed by atoms with E-state index in [-0.39, 0.29) is 0 Å². The first-order valence-corrected chi connectivity index (χ1v) is 8.71. The number of benzene rings is 2. The second-order valence-electron chi connectivity index (χ2n) is 6.02. The van der Waals surface area contributed by atoms with Crippen LogP contribution in [0.2, 0.25) is 0 Å². The summed E-state index contributed by atoms with van der Waals surface area (Å²) < 4.78 is 4.25. The van der Waals surface area contributed by atoms with E-state index in [9.17, 15) is 0 Å². The Morgan fingerprint density at radius 2 is 0.885 bits per heavy atom. The summed E-state index contributed by atoms with van der Waals surface area (Å²) in [5, 5.41) is 2.51. The topological polar surface area (TPSA) is 9.86 Å². The second-order valence-corrected chi connectivity index (χ2v) is 6.02. The zero-order valence-corrected chi connectivity index (χ0v) is 14.4. The smallest absolute Gasteiger partial charge is 0.0522 e. The van der Waals surface area contributed by atoms with Gasteiger partial charge in [0, 0.05) is 24.8 Å². The normalized spacial score (nSPS) is 12.8. The van der Waals surface area contributed by atoms with Gasteiger partial charge in [0.05, 0.1) is 11.0 Å². The molecule has 0 unspecified atom stereocenters. The van der Waals surface area contributed by atoms with Crippen LogP contribution in [-0.2, 0) is 0 Å². The lowest BCUT2D eigenvalue weighted by atomic mass is 10.2. The van der Waals surface area contributed by atoms with Gasteiger partial charge in [-0.15, -0.1) is 0 Å². The predicted molar refractivity (Wildman–Crippen MR) is 113 cm³/mol. The maximum Gasteiger partial charge on any atom is 0.0522 e. The molecule has 0 radical (unpaired) electrons. The molecule has 4 aromatic rings. The molecular weight excluding hydrogens is 316 g/mol. The zero-order chi connectivity index (χ0) is 17.6. The van der Waals surface area contributed by atoms with Crippen molar-refractivity contribution in [1.82, 2.24) is 9.13 Å². The van der Waals surface area contributed by atoms with Gasteiger partial charge in [0.25, 0.3) is 0 Å². The fourth-order valence-electron chi connectivity index (χ4n) is 3.01. The van der Waals surface area contributed by atoms with Gasteiger partial charge >= 0.3 is 0 Å². The molecule has 0 saturated carbocycles. The molecular formula is C24H20N2. The van der Waals surface area contributed by atoms with Crippen molar-refractivity contribution in [2.24, 2.45) is 0 Å². The number of hydrogen-bond donors (Lipinski definition) is 0. The summed E-state index contributed by atoms with van der Waals surface area (Å²) >= 11 is 0. The summed E-state index contributed by atoms with van der Waals surface area (Å²) in [4.78, 5) is 0. The van der Waals surface area contributed by atoms with Crippen LogP contribution in [0.5, 0.6) is 0 Å². The molecule has 0 aliphatic carbocycles. The Balaban J connectivity index is 1.36. The van der Waals surface area contributed by atoms with Crippen LogP contribution in [0.3, 0.4) is 0 Å². The van der Waals surface area contributed by atoms with Gasteiger partial charge in [0.2, 0.25) is 0 Å². The summed E-state index contributed by atoms with van der Waals surface area (Å²) in [6.07, 6.45) is 20.5. The van der Waals surface area contributed by atoms with Gasteiger partial charge in [-0.25, -0.2) is 0 Å². The van der Waals surface area contributed by atoms with E-state index in [0.29, 0.717) is 0 Å². The molecule has 26 heavy (non-hydrogen) atoms. The van der Waals surface area contributed by atoms with Crippen molar-refractivity contribution in [3.63, 3.8) is 0 Å². The Kier molecular flexibility index (Phi) is 4.66. The van der Waals surface area contributed by atoms with Crippen LogP contribution in [-0.4, -0.2) is 9.13 Å². The number of fused-ring (bicyclic) bond motifs is 2. The lowest BCUT2D eigenvalue weighted by molar-refractivity contribution is 1.23. The molecule has 2 heteroatoms. The van der Waals surface area contributed by atoms with Crippen molar-refractivity contribution in [2.75, 3.05) is 0 Å². The Labute approximate surface area is 153 Å². The van der Waals surface area contributed by atoms with Gasteiger partial charge in [0.15, 0.2) is 0 Å². The standard InChI is InChI=1S/C24H20N2/c1(3-9-17-25-19-15-21-11-5-7-13-23(21)25)2-4-10-18-26-20-16-22-12-6-8-14-24(22)26/h1-20H/b3-1+,4-2+,17-9+,18-10+. The fourth-order valence-corrected chi connectivity index (χ4v) is 3.01. The minimum absolute atomic E-state index is 1.22. The van der Waals surface area contributed by atoms with Gasteiger partial charge < -0.3 is 9.13 Å². The third-order valence-corrected chi connectivity index (χ3v) is 4.31. The molecule has 2 heterocycles. The Morgan fingerprint density at radius 1 is 0.462 bits per heavy atom. The molecule has 2 nitrogen and oxygen atoms in total. The van der Waals surface area contributed by atoms with Crippen LogP contribution in [0.1, 0.15) is 0 Å². The van der Waals surface area contributed by atoms with E-state index in [4.69, 9.17) is 0 Å². The summed E-state index contributed by atoms with van der Waals surface area (Å²) in [6.45, 7) is 0. The van der Waals surface area contributed by atoms with Gasteiger partial charge in [-0.1, -0.05) is 60.7 Å². The van der Waals surface area contributed by atoms with E-state index >= 15 is 0 Å². The van der Waals surface area contributed by atoms with E-state index in [2.05, 4.69) is 94.6 Å². The molecule has 0 atom stereocenters. The highest BCUT2D eigenvalue weighted by atomic mass is 14.9. The third kappa shape index (κ3) is 3.45. The van der Waals surface area contributed by atoms with Gasteiger partial charge in [0.1, 0.15) is 0 Å². The first-order chi connectivity index (χ1) is 12.9. The van der Waals surface area contributed by atoms with Crippen molar-refractivity contribution < 1.29 is 0 Å². The predicted octanol–water partition coefficient (Wildman–Crippen LogP) is 6.35. The average Bonchev–Trinajstić information content (AvgIpc) is 3.28. The van der Waals surface area contributed by atoms with Crippen LogP contribution >= 0.6 is 0 Å². The summed E-state index contributed by atoms with van der Waals surface area (Å²) in [5.74, 6) is 0. The highest BCUT2D eigenvalue weighted by Gasteiger charge is 1.95. The minimum Gasteiger partial charge on any atom is -0.323 e. The molecule has 0 aliphatic rings. The van der Waals surface area contributed by atoms with E-state index < -0.39 is 0 Å². The fraction of sp³-hybridized carbons (Fsp3) is 0. The number of allylic oxidation sites excluding steroid dienone is 6. The molecule has 2 aromatic heterocycles. The monoisotopic (exact) mass is 336 g/mol. The van der Waals surface area contributed by atoms with E-state index in [1.165, 1.54) is 21.8 Å². The second kappa shape index (κ2) is 7.58. The number of para-hydroxylation sites is 2. The first kappa shape index (κ1) is 16.0. The molecule has 0 bridgehead atoms. The zero-order valence-electron chi connectivity index (χ0n) is 14.4. The molecule has 2 aromatic carbocycles. The highest BCUT2D eigenvalue weighted by molar-refractivity contribution is 5.82. The summed E-state index contributed by atoms with van der Waals surface area (Å²) in [6, 6.07) is 21.0. The van der Waals surface area contributed by atoms with Crippen molar-refractivity contribution in [3.05, 3.63) is 110 Å². The van der Waals surface area contributed by atoms with Gasteiger partial charge in [-0.05, 0) is 47.2 Å². The van der Waals surface area contributed by atoms with Crippen molar-refractivity contribution >= 4 is 34.2 Å². The van der Waals surface area contributed by atoms with Crippen LogP contribution in [0.15, 0.2) is 110 Å². The lowest BCUT2D eigenvalue weighted by Crippen LogP contribution is -1.81. The number of nitrogens with zero attached hydrogens (tertiary/aromatic N) is 2. The van der Waals surface area contributed by atoms with E-state index in [0.717, 1.165) is 0 Å².